The van der Waals surface area contributed by atoms with E-state index in [1.54, 1.807) is 0 Å². The van der Waals surface area contributed by atoms with Crippen LogP contribution in [0.1, 0.15) is 31.0 Å². The number of halogens is 3. The van der Waals surface area contributed by atoms with Gasteiger partial charge in [-0.3, -0.25) is 9.59 Å². The number of sulfonamides is 1. The van der Waals surface area contributed by atoms with Gasteiger partial charge in [-0.1, -0.05) is 0 Å². The van der Waals surface area contributed by atoms with Gasteiger partial charge >= 0.3 is 6.18 Å². The highest BCUT2D eigenvalue weighted by Gasteiger charge is 2.33. The van der Waals surface area contributed by atoms with Crippen molar-refractivity contribution >= 4 is 21.8 Å². The van der Waals surface area contributed by atoms with Gasteiger partial charge in [-0.2, -0.15) is 17.5 Å². The number of aromatic nitrogens is 1. The molecule has 0 unspecified atom stereocenters. The van der Waals surface area contributed by atoms with Gasteiger partial charge < -0.3 is 15.2 Å². The van der Waals surface area contributed by atoms with Crippen molar-refractivity contribution in [3.63, 3.8) is 0 Å². The minimum absolute atomic E-state index is 0.108. The number of nitrogens with zero attached hydrogens (tertiary/aromatic N) is 2. The first-order valence-electron chi connectivity index (χ1n) is 10.7. The van der Waals surface area contributed by atoms with Crippen molar-refractivity contribution in [2.24, 2.45) is 7.05 Å². The molecule has 1 fully saturated rings. The molecule has 1 aromatic heterocycles. The van der Waals surface area contributed by atoms with E-state index in [-0.39, 0.29) is 35.8 Å². The van der Waals surface area contributed by atoms with Gasteiger partial charge in [-0.15, -0.1) is 0 Å². The molecule has 1 saturated heterocycles. The van der Waals surface area contributed by atoms with Crippen molar-refractivity contribution in [3.8, 4) is 0 Å². The van der Waals surface area contributed by atoms with Gasteiger partial charge in [-0.05, 0) is 49.2 Å². The molecule has 0 radical (unpaired) electrons. The Hall–Kier alpha value is -2.86. The van der Waals surface area contributed by atoms with Crippen LogP contribution in [0.3, 0.4) is 0 Å². The summed E-state index contributed by atoms with van der Waals surface area (Å²) < 4.78 is 67.0. The lowest BCUT2D eigenvalue weighted by Crippen LogP contribution is -2.53. The van der Waals surface area contributed by atoms with E-state index in [0.717, 1.165) is 30.0 Å². The predicted molar refractivity (Wildman–Crippen MR) is 118 cm³/mol. The molecule has 2 heterocycles. The van der Waals surface area contributed by atoms with Gasteiger partial charge in [0.25, 0.3) is 0 Å². The van der Waals surface area contributed by atoms with Crippen molar-refractivity contribution in [1.82, 2.24) is 19.5 Å². The van der Waals surface area contributed by atoms with E-state index in [1.165, 1.54) is 11.2 Å². The normalized spacial score (nSPS) is 16.7. The van der Waals surface area contributed by atoms with Crippen LogP contribution in [0.2, 0.25) is 0 Å². The van der Waals surface area contributed by atoms with Crippen molar-refractivity contribution in [2.45, 2.75) is 49.3 Å². The van der Waals surface area contributed by atoms with Crippen molar-refractivity contribution in [2.75, 3.05) is 13.1 Å². The number of aryl methyl sites for hydroxylation is 1. The number of alkyl halides is 3. The number of piperidine rings is 1. The standard InChI is InChI=1S/C22H27F3N4O4S/c1-15(30)26-20(14-18-4-3-11-28(18)2)21(31)27-17-9-12-29(13-10-17)34(32,33)19-7-5-16(6-8-19)22(23,24)25/h3-8,11,17,20H,9-10,12-14H2,1-2H3,(H,26,30)(H,27,31)/t20-/m1/s1. The Kier molecular flexibility index (Phi) is 7.71. The smallest absolute Gasteiger partial charge is 0.354 e. The van der Waals surface area contributed by atoms with Gasteiger partial charge in [0, 0.05) is 51.4 Å². The van der Waals surface area contributed by atoms with Gasteiger partial charge in [0.15, 0.2) is 0 Å². The molecule has 0 bridgehead atoms. The minimum Gasteiger partial charge on any atom is -0.354 e. The van der Waals surface area contributed by atoms with Gasteiger partial charge in [0.1, 0.15) is 6.04 Å². The van der Waals surface area contributed by atoms with Crippen LogP contribution in [-0.2, 0) is 39.3 Å². The maximum atomic E-state index is 12.8. The monoisotopic (exact) mass is 500 g/mol. The van der Waals surface area contributed by atoms with Crippen LogP contribution in [-0.4, -0.2) is 54.3 Å². The molecular weight excluding hydrogens is 473 g/mol. The summed E-state index contributed by atoms with van der Waals surface area (Å²) in [5, 5.41) is 5.54. The van der Waals surface area contributed by atoms with Crippen LogP contribution >= 0.6 is 0 Å². The summed E-state index contributed by atoms with van der Waals surface area (Å²) in [6, 6.07) is 6.01. The van der Waals surface area contributed by atoms with E-state index in [0.29, 0.717) is 19.3 Å². The zero-order valence-electron chi connectivity index (χ0n) is 18.8. The van der Waals surface area contributed by atoms with E-state index in [2.05, 4.69) is 10.6 Å². The molecule has 186 valence electrons. The first kappa shape index (κ1) is 25.8. The number of hydrogen-bond acceptors (Lipinski definition) is 4. The highest BCUT2D eigenvalue weighted by Crippen LogP contribution is 2.30. The third-order valence-corrected chi connectivity index (χ3v) is 7.69. The zero-order chi connectivity index (χ0) is 25.1. The molecule has 0 spiro atoms. The van der Waals surface area contributed by atoms with Gasteiger partial charge in [0.2, 0.25) is 21.8 Å². The number of nitrogens with one attached hydrogen (secondary N) is 2. The maximum absolute atomic E-state index is 12.8. The highest BCUT2D eigenvalue weighted by atomic mass is 32.2. The molecule has 12 heteroatoms. The summed E-state index contributed by atoms with van der Waals surface area (Å²) >= 11 is 0. The first-order valence-corrected chi connectivity index (χ1v) is 12.2. The Morgan fingerprint density at radius 1 is 1.12 bits per heavy atom. The minimum atomic E-state index is -4.55. The Bertz CT molecular complexity index is 1120. The molecule has 2 N–H and O–H groups in total. The van der Waals surface area contributed by atoms with Crippen LogP contribution < -0.4 is 10.6 Å². The lowest BCUT2D eigenvalue weighted by molar-refractivity contribution is -0.137. The number of benzene rings is 1. The van der Waals surface area contributed by atoms with E-state index in [9.17, 15) is 31.2 Å². The van der Waals surface area contributed by atoms with E-state index < -0.39 is 27.8 Å². The van der Waals surface area contributed by atoms with Gasteiger partial charge in [-0.25, -0.2) is 8.42 Å². The topological polar surface area (TPSA) is 101 Å². The van der Waals surface area contributed by atoms with Gasteiger partial charge in [0.05, 0.1) is 10.5 Å². The third kappa shape index (κ3) is 6.17. The van der Waals surface area contributed by atoms with E-state index >= 15 is 0 Å². The Labute approximate surface area is 196 Å². The number of carbonyl (C=O) groups is 2. The largest absolute Gasteiger partial charge is 0.416 e. The summed E-state index contributed by atoms with van der Waals surface area (Å²) in [4.78, 5) is 24.2. The summed E-state index contributed by atoms with van der Waals surface area (Å²) in [5.41, 5.74) is -0.0525. The Morgan fingerprint density at radius 2 is 1.74 bits per heavy atom. The van der Waals surface area contributed by atoms with Crippen LogP contribution in [0.4, 0.5) is 13.2 Å². The highest BCUT2D eigenvalue weighted by molar-refractivity contribution is 7.89. The molecule has 1 aliphatic rings. The third-order valence-electron chi connectivity index (χ3n) is 5.78. The summed E-state index contributed by atoms with van der Waals surface area (Å²) in [5.74, 6) is -0.702. The number of rotatable bonds is 7. The average Bonchev–Trinajstić information content (AvgIpc) is 3.17. The quantitative estimate of drug-likeness (QED) is 0.608. The molecule has 1 atom stereocenters. The van der Waals surface area contributed by atoms with Crippen molar-refractivity contribution < 1.29 is 31.2 Å². The molecule has 0 saturated carbocycles. The fourth-order valence-corrected chi connectivity index (χ4v) is 5.35. The molecule has 1 aromatic carbocycles. The molecule has 3 rings (SSSR count). The van der Waals surface area contributed by atoms with Crippen molar-refractivity contribution in [3.05, 3.63) is 53.9 Å². The second-order valence-corrected chi connectivity index (χ2v) is 10.2. The second kappa shape index (κ2) is 10.2. The summed E-state index contributed by atoms with van der Waals surface area (Å²) in [6.45, 7) is 1.55. The molecular formula is C22H27F3N4O4S. The SMILES string of the molecule is CC(=O)N[C@H](Cc1cccn1C)C(=O)NC1CCN(S(=O)(=O)c2ccc(C(F)(F)F)cc2)CC1. The molecule has 2 aromatic rings. The lowest BCUT2D eigenvalue weighted by Gasteiger charge is -2.32. The molecule has 34 heavy (non-hydrogen) atoms. The second-order valence-electron chi connectivity index (χ2n) is 8.28. The fourth-order valence-electron chi connectivity index (χ4n) is 3.88. The maximum Gasteiger partial charge on any atom is 0.416 e. The predicted octanol–water partition coefficient (Wildman–Crippen LogP) is 2.06. The zero-order valence-corrected chi connectivity index (χ0v) is 19.6. The number of hydrogen-bond donors (Lipinski definition) is 2. The van der Waals surface area contributed by atoms with E-state index in [4.69, 9.17) is 0 Å². The van der Waals surface area contributed by atoms with Crippen LogP contribution in [0.15, 0.2) is 47.5 Å². The average molecular weight is 501 g/mol. The fraction of sp³-hybridized carbons (Fsp3) is 0.455. The van der Waals surface area contributed by atoms with E-state index in [1.807, 2.05) is 29.9 Å². The van der Waals surface area contributed by atoms with Crippen LogP contribution in [0, 0.1) is 0 Å². The Morgan fingerprint density at radius 3 is 2.24 bits per heavy atom. The summed E-state index contributed by atoms with van der Waals surface area (Å²) in [7, 11) is -2.12. The molecule has 1 aliphatic heterocycles. The van der Waals surface area contributed by atoms with Crippen LogP contribution in [0.25, 0.3) is 0 Å². The summed E-state index contributed by atoms with van der Waals surface area (Å²) in [6.07, 6.45) is -1.74. The number of amides is 2. The first-order chi connectivity index (χ1) is 15.9. The van der Waals surface area contributed by atoms with Crippen LogP contribution in [0.5, 0.6) is 0 Å². The molecule has 8 nitrogen and oxygen atoms in total. The Balaban J connectivity index is 1.60. The lowest BCUT2D eigenvalue weighted by atomic mass is 10.0. The molecule has 0 aliphatic carbocycles. The van der Waals surface area contributed by atoms with Crippen molar-refractivity contribution in [1.29, 1.82) is 0 Å². The molecule has 2 amide bonds. The number of carbonyl (C=O) groups excluding carboxylic acids is 2.